The van der Waals surface area contributed by atoms with E-state index in [2.05, 4.69) is 5.32 Å². The van der Waals surface area contributed by atoms with Crippen LogP contribution in [-0.4, -0.2) is 12.6 Å². The zero-order chi connectivity index (χ0) is 15.3. The molecule has 0 heterocycles. The second-order valence-corrected chi connectivity index (χ2v) is 5.53. The third-order valence-electron chi connectivity index (χ3n) is 3.02. The minimum atomic E-state index is -4.29. The van der Waals surface area contributed by atoms with E-state index < -0.39 is 11.7 Å². The lowest BCUT2D eigenvalue weighted by Crippen LogP contribution is -2.26. The summed E-state index contributed by atoms with van der Waals surface area (Å²) in [6.45, 7) is 8.86. The summed E-state index contributed by atoms with van der Waals surface area (Å²) < 4.78 is 38.1. The van der Waals surface area contributed by atoms with Crippen molar-refractivity contribution in [2.75, 3.05) is 6.54 Å². The van der Waals surface area contributed by atoms with E-state index in [1.54, 1.807) is 6.07 Å². The summed E-state index contributed by atoms with van der Waals surface area (Å²) in [5.41, 5.74) is 1.08. The van der Waals surface area contributed by atoms with Gasteiger partial charge in [-0.05, 0) is 23.6 Å². The molecule has 0 amide bonds. The number of rotatable bonds is 5. The van der Waals surface area contributed by atoms with Gasteiger partial charge >= 0.3 is 6.18 Å². The van der Waals surface area contributed by atoms with Gasteiger partial charge in [-0.15, -0.1) is 0 Å². The lowest BCUT2D eigenvalue weighted by atomic mass is 9.99. The molecule has 0 spiro atoms. The second-order valence-electron chi connectivity index (χ2n) is 5.53. The monoisotopic (exact) mass is 285 g/mol. The van der Waals surface area contributed by atoms with Gasteiger partial charge in [-0.1, -0.05) is 51.5 Å². The molecule has 0 aliphatic carbocycles. The predicted molar refractivity (Wildman–Crippen MR) is 77.4 cm³/mol. The smallest absolute Gasteiger partial charge is 0.311 e. The van der Waals surface area contributed by atoms with Crippen LogP contribution in [0.2, 0.25) is 0 Å². The maximum Gasteiger partial charge on any atom is 0.416 e. The Labute approximate surface area is 118 Å². The number of hydrogen-bond acceptors (Lipinski definition) is 1. The van der Waals surface area contributed by atoms with Crippen LogP contribution in [0.4, 0.5) is 13.2 Å². The molecule has 1 N–H and O–H groups in total. The van der Waals surface area contributed by atoms with Gasteiger partial charge in [-0.3, -0.25) is 0 Å². The molecule has 0 radical (unpaired) electrons. The number of halogens is 3. The highest BCUT2D eigenvalue weighted by Crippen LogP contribution is 2.30. The van der Waals surface area contributed by atoms with E-state index in [9.17, 15) is 13.2 Å². The molecule has 1 rings (SSSR count). The van der Waals surface area contributed by atoms with E-state index in [-0.39, 0.29) is 5.92 Å². The summed E-state index contributed by atoms with van der Waals surface area (Å²) in [7, 11) is 0. The Hall–Kier alpha value is -1.29. The van der Waals surface area contributed by atoms with Crippen LogP contribution in [0.15, 0.2) is 29.8 Å². The highest BCUT2D eigenvalue weighted by atomic mass is 19.4. The first-order valence-corrected chi connectivity index (χ1v) is 6.81. The van der Waals surface area contributed by atoms with Gasteiger partial charge in [0.25, 0.3) is 0 Å². The fraction of sp³-hybridized carbons (Fsp3) is 0.500. The number of benzene rings is 1. The molecule has 1 nitrogen and oxygen atoms in total. The van der Waals surface area contributed by atoms with E-state index in [0.29, 0.717) is 18.2 Å². The van der Waals surface area contributed by atoms with Crippen LogP contribution in [-0.2, 0) is 6.18 Å². The fourth-order valence-electron chi connectivity index (χ4n) is 1.76. The molecule has 1 aromatic carbocycles. The number of nitrogens with one attached hydrogen (secondary N) is 1. The summed E-state index contributed by atoms with van der Waals surface area (Å²) in [6, 6.07) is 5.78. The Bertz CT molecular complexity index is 459. The quantitative estimate of drug-likeness (QED) is 0.823. The van der Waals surface area contributed by atoms with Crippen molar-refractivity contribution in [3.63, 3.8) is 0 Å². The third kappa shape index (κ3) is 5.37. The van der Waals surface area contributed by atoms with Crippen LogP contribution in [0, 0.1) is 5.92 Å². The predicted octanol–water partition coefficient (Wildman–Crippen LogP) is 4.74. The first kappa shape index (κ1) is 16.8. The largest absolute Gasteiger partial charge is 0.416 e. The Kier molecular flexibility index (Phi) is 5.81. The van der Waals surface area contributed by atoms with Gasteiger partial charge in [0.05, 0.1) is 5.56 Å². The van der Waals surface area contributed by atoms with Crippen LogP contribution in [0.1, 0.15) is 38.8 Å². The summed E-state index contributed by atoms with van der Waals surface area (Å²) in [6.07, 6.45) is -2.45. The molecular formula is C16H22F3N. The maximum absolute atomic E-state index is 12.7. The molecule has 0 aliphatic heterocycles. The van der Waals surface area contributed by atoms with E-state index >= 15 is 0 Å². The lowest BCUT2D eigenvalue weighted by molar-refractivity contribution is -0.137. The third-order valence-corrected chi connectivity index (χ3v) is 3.02. The number of hydrogen-bond donors (Lipinski definition) is 1. The molecule has 112 valence electrons. The van der Waals surface area contributed by atoms with Crippen molar-refractivity contribution in [2.24, 2.45) is 5.92 Å². The van der Waals surface area contributed by atoms with Crippen LogP contribution in [0.25, 0.3) is 6.08 Å². The van der Waals surface area contributed by atoms with E-state index in [1.165, 1.54) is 12.1 Å². The van der Waals surface area contributed by atoms with Gasteiger partial charge in [0.2, 0.25) is 0 Å². The zero-order valence-electron chi connectivity index (χ0n) is 12.4. The topological polar surface area (TPSA) is 12.0 Å². The van der Waals surface area contributed by atoms with Gasteiger partial charge in [-0.25, -0.2) is 0 Å². The van der Waals surface area contributed by atoms with Gasteiger partial charge in [0.15, 0.2) is 0 Å². The maximum atomic E-state index is 12.7. The molecule has 0 aliphatic rings. The average Bonchev–Trinajstić information content (AvgIpc) is 2.33. The molecule has 0 aromatic heterocycles. The first-order valence-electron chi connectivity index (χ1n) is 6.81. The Morgan fingerprint density at radius 3 is 2.35 bits per heavy atom. The van der Waals surface area contributed by atoms with Crippen molar-refractivity contribution >= 4 is 6.08 Å². The Morgan fingerprint density at radius 2 is 1.85 bits per heavy atom. The molecular weight excluding hydrogens is 263 g/mol. The summed E-state index contributed by atoms with van der Waals surface area (Å²) in [5.74, 6) is 0.288. The molecule has 1 aromatic rings. The minimum Gasteiger partial charge on any atom is -0.311 e. The van der Waals surface area contributed by atoms with Crippen LogP contribution >= 0.6 is 0 Å². The zero-order valence-corrected chi connectivity index (χ0v) is 12.4. The standard InChI is InChI=1S/C16H22F3N/c1-11(2)14(10-20-12(3)4)8-13-6-5-7-15(9-13)16(17,18)19/h5-9,11-12,20H,10H2,1-4H3. The average molecular weight is 285 g/mol. The highest BCUT2D eigenvalue weighted by Gasteiger charge is 2.30. The molecule has 0 saturated heterocycles. The van der Waals surface area contributed by atoms with E-state index in [4.69, 9.17) is 0 Å². The Balaban J connectivity index is 2.99. The van der Waals surface area contributed by atoms with Crippen molar-refractivity contribution in [1.82, 2.24) is 5.32 Å². The van der Waals surface area contributed by atoms with E-state index in [1.807, 2.05) is 33.8 Å². The lowest BCUT2D eigenvalue weighted by Gasteiger charge is -2.15. The van der Waals surface area contributed by atoms with Gasteiger partial charge in [-0.2, -0.15) is 13.2 Å². The normalized spacial score (nSPS) is 13.3. The van der Waals surface area contributed by atoms with Crippen molar-refractivity contribution in [3.05, 3.63) is 41.0 Å². The Morgan fingerprint density at radius 1 is 1.20 bits per heavy atom. The van der Waals surface area contributed by atoms with Crippen molar-refractivity contribution in [2.45, 2.75) is 39.9 Å². The second kappa shape index (κ2) is 6.93. The van der Waals surface area contributed by atoms with Gasteiger partial charge in [0.1, 0.15) is 0 Å². The molecule has 0 fully saturated rings. The SMILES string of the molecule is CC(C)NCC(=Cc1cccc(C(F)(F)F)c1)C(C)C. The molecule has 20 heavy (non-hydrogen) atoms. The molecule has 0 unspecified atom stereocenters. The van der Waals surface area contributed by atoms with Crippen LogP contribution < -0.4 is 5.32 Å². The van der Waals surface area contributed by atoms with Crippen molar-refractivity contribution in [1.29, 1.82) is 0 Å². The van der Waals surface area contributed by atoms with Crippen LogP contribution in [0.3, 0.4) is 0 Å². The first-order chi connectivity index (χ1) is 9.20. The van der Waals surface area contributed by atoms with E-state index in [0.717, 1.165) is 11.6 Å². The number of alkyl halides is 3. The van der Waals surface area contributed by atoms with Gasteiger partial charge < -0.3 is 5.32 Å². The molecule has 0 bridgehead atoms. The summed E-state index contributed by atoms with van der Waals surface area (Å²) in [4.78, 5) is 0. The van der Waals surface area contributed by atoms with Crippen molar-refractivity contribution < 1.29 is 13.2 Å². The summed E-state index contributed by atoms with van der Waals surface area (Å²) >= 11 is 0. The van der Waals surface area contributed by atoms with Crippen molar-refractivity contribution in [3.8, 4) is 0 Å². The molecule has 0 saturated carbocycles. The fourth-order valence-corrected chi connectivity index (χ4v) is 1.76. The molecule has 0 atom stereocenters. The van der Waals surface area contributed by atoms with Crippen LogP contribution in [0.5, 0.6) is 0 Å². The summed E-state index contributed by atoms with van der Waals surface area (Å²) in [5, 5.41) is 3.30. The van der Waals surface area contributed by atoms with Gasteiger partial charge in [0, 0.05) is 12.6 Å². The minimum absolute atomic E-state index is 0.288. The molecule has 4 heteroatoms. The highest BCUT2D eigenvalue weighted by molar-refractivity contribution is 5.55.